The monoisotopic (exact) mass is 254 g/mol. The van der Waals surface area contributed by atoms with Gasteiger partial charge in [0.05, 0.1) is 10.7 Å². The summed E-state index contributed by atoms with van der Waals surface area (Å²) in [5, 5.41) is 7.05. The number of halogens is 2. The number of benzene rings is 1. The number of hydrogen-bond acceptors (Lipinski definition) is 2. The van der Waals surface area contributed by atoms with Gasteiger partial charge in [-0.3, -0.25) is 0 Å². The van der Waals surface area contributed by atoms with Crippen LogP contribution in [-0.2, 0) is 0 Å². The van der Waals surface area contributed by atoms with Crippen LogP contribution in [0.2, 0.25) is 5.02 Å². The number of nitrogens with one attached hydrogen (secondary N) is 2. The molecule has 0 aliphatic carbocycles. The molecule has 2 heterocycles. The largest absolute Gasteiger partial charge is 0.380 e. The van der Waals surface area contributed by atoms with Gasteiger partial charge in [-0.15, -0.1) is 0 Å². The fourth-order valence-corrected chi connectivity index (χ4v) is 3.18. The Labute approximate surface area is 106 Å². The lowest BCUT2D eigenvalue weighted by atomic mass is 9.99. The topological polar surface area (TPSA) is 24.1 Å². The number of anilines is 1. The van der Waals surface area contributed by atoms with E-state index in [0.29, 0.717) is 23.8 Å². The summed E-state index contributed by atoms with van der Waals surface area (Å²) in [6.45, 7) is 0. The number of piperidine rings is 1. The molecule has 2 aliphatic heterocycles. The maximum absolute atomic E-state index is 13.8. The van der Waals surface area contributed by atoms with Gasteiger partial charge in [-0.1, -0.05) is 17.7 Å². The van der Waals surface area contributed by atoms with Gasteiger partial charge in [-0.05, 0) is 37.8 Å². The molecule has 0 aromatic heterocycles. The first-order valence-corrected chi connectivity index (χ1v) is 6.57. The van der Waals surface area contributed by atoms with Gasteiger partial charge >= 0.3 is 0 Å². The summed E-state index contributed by atoms with van der Waals surface area (Å²) >= 11 is 5.77. The van der Waals surface area contributed by atoms with Gasteiger partial charge in [0.15, 0.2) is 5.82 Å². The van der Waals surface area contributed by atoms with Crippen LogP contribution in [0.15, 0.2) is 18.2 Å². The number of hydrogen-bond donors (Lipinski definition) is 2. The zero-order chi connectivity index (χ0) is 11.8. The Kier molecular flexibility index (Phi) is 2.97. The molecule has 2 bridgehead atoms. The van der Waals surface area contributed by atoms with Crippen molar-refractivity contribution in [3.05, 3.63) is 29.0 Å². The molecule has 1 aromatic rings. The molecular weight excluding hydrogens is 239 g/mol. The predicted octanol–water partition coefficient (Wildman–Crippen LogP) is 3.17. The fraction of sp³-hybridized carbons (Fsp3) is 0.538. The van der Waals surface area contributed by atoms with Crippen molar-refractivity contribution in [3.8, 4) is 0 Å². The van der Waals surface area contributed by atoms with Crippen LogP contribution in [-0.4, -0.2) is 18.1 Å². The first-order valence-electron chi connectivity index (χ1n) is 6.19. The highest BCUT2D eigenvalue weighted by molar-refractivity contribution is 6.31. The first kappa shape index (κ1) is 11.3. The molecular formula is C13H16ClFN2. The smallest absolute Gasteiger partial charge is 0.164 e. The van der Waals surface area contributed by atoms with Gasteiger partial charge in [0.2, 0.25) is 0 Å². The number of fused-ring (bicyclic) bond motifs is 2. The fourth-order valence-electron chi connectivity index (χ4n) is 3.01. The van der Waals surface area contributed by atoms with E-state index in [4.69, 9.17) is 11.6 Å². The maximum atomic E-state index is 13.8. The molecule has 2 fully saturated rings. The first-order chi connectivity index (χ1) is 8.22. The van der Waals surface area contributed by atoms with Crippen molar-refractivity contribution in [1.82, 2.24) is 5.32 Å². The Morgan fingerprint density at radius 2 is 1.94 bits per heavy atom. The van der Waals surface area contributed by atoms with Crippen molar-refractivity contribution in [2.24, 2.45) is 0 Å². The van der Waals surface area contributed by atoms with Crippen molar-refractivity contribution in [1.29, 1.82) is 0 Å². The van der Waals surface area contributed by atoms with Gasteiger partial charge in [-0.25, -0.2) is 4.39 Å². The molecule has 0 radical (unpaired) electrons. The second kappa shape index (κ2) is 4.46. The van der Waals surface area contributed by atoms with E-state index in [1.54, 1.807) is 18.2 Å². The van der Waals surface area contributed by atoms with Crippen LogP contribution in [0, 0.1) is 5.82 Å². The molecule has 92 valence electrons. The zero-order valence-corrected chi connectivity index (χ0v) is 10.3. The molecule has 2 nitrogen and oxygen atoms in total. The molecule has 4 heteroatoms. The SMILES string of the molecule is Fc1c(Cl)cccc1NC1CC2CCC(C1)N2. The normalized spacial score (nSPS) is 31.5. The summed E-state index contributed by atoms with van der Waals surface area (Å²) in [6.07, 6.45) is 4.65. The molecule has 17 heavy (non-hydrogen) atoms. The van der Waals surface area contributed by atoms with Crippen molar-refractivity contribution < 1.29 is 4.39 Å². The van der Waals surface area contributed by atoms with E-state index in [-0.39, 0.29) is 10.8 Å². The number of rotatable bonds is 2. The van der Waals surface area contributed by atoms with Gasteiger partial charge in [0.1, 0.15) is 0 Å². The molecule has 2 unspecified atom stereocenters. The minimum absolute atomic E-state index is 0.187. The molecule has 0 spiro atoms. The Hall–Kier alpha value is -0.800. The van der Waals surface area contributed by atoms with Gasteiger partial charge in [-0.2, -0.15) is 0 Å². The van der Waals surface area contributed by atoms with E-state index >= 15 is 0 Å². The molecule has 3 rings (SSSR count). The molecule has 0 amide bonds. The Morgan fingerprint density at radius 3 is 2.65 bits per heavy atom. The summed E-state index contributed by atoms with van der Waals surface area (Å²) in [5.41, 5.74) is 0.531. The molecule has 2 saturated heterocycles. The van der Waals surface area contributed by atoms with Crippen LogP contribution in [0.25, 0.3) is 0 Å². The summed E-state index contributed by atoms with van der Waals surface area (Å²) in [7, 11) is 0. The van der Waals surface area contributed by atoms with E-state index < -0.39 is 0 Å². The molecule has 2 N–H and O–H groups in total. The summed E-state index contributed by atoms with van der Waals surface area (Å²) < 4.78 is 13.8. The predicted molar refractivity (Wildman–Crippen MR) is 68.0 cm³/mol. The van der Waals surface area contributed by atoms with Gasteiger partial charge in [0.25, 0.3) is 0 Å². The van der Waals surface area contributed by atoms with E-state index in [1.807, 2.05) is 0 Å². The zero-order valence-electron chi connectivity index (χ0n) is 9.55. The lowest BCUT2D eigenvalue weighted by Gasteiger charge is -2.30. The third kappa shape index (κ3) is 2.26. The second-order valence-electron chi connectivity index (χ2n) is 5.05. The van der Waals surface area contributed by atoms with Gasteiger partial charge in [0, 0.05) is 18.1 Å². The molecule has 2 atom stereocenters. The van der Waals surface area contributed by atoms with Crippen molar-refractivity contribution in [3.63, 3.8) is 0 Å². The summed E-state index contributed by atoms with van der Waals surface area (Å²) in [5.74, 6) is -0.333. The average molecular weight is 255 g/mol. The Morgan fingerprint density at radius 1 is 1.24 bits per heavy atom. The average Bonchev–Trinajstić information content (AvgIpc) is 2.65. The lowest BCUT2D eigenvalue weighted by Crippen LogP contribution is -2.43. The van der Waals surface area contributed by atoms with Gasteiger partial charge < -0.3 is 10.6 Å². The van der Waals surface area contributed by atoms with E-state index in [2.05, 4.69) is 10.6 Å². The maximum Gasteiger partial charge on any atom is 0.164 e. The van der Waals surface area contributed by atoms with Crippen LogP contribution in [0.5, 0.6) is 0 Å². The van der Waals surface area contributed by atoms with E-state index in [1.165, 1.54) is 12.8 Å². The van der Waals surface area contributed by atoms with Crippen molar-refractivity contribution >= 4 is 17.3 Å². The third-order valence-corrected chi connectivity index (χ3v) is 4.08. The second-order valence-corrected chi connectivity index (χ2v) is 5.46. The van der Waals surface area contributed by atoms with E-state index in [9.17, 15) is 4.39 Å². The standard InChI is InChI=1S/C13H16ClFN2/c14-11-2-1-3-12(13(11)15)17-10-6-8-4-5-9(7-10)16-8/h1-3,8-10,16-17H,4-7H2. The highest BCUT2D eigenvalue weighted by Gasteiger charge is 2.33. The van der Waals surface area contributed by atoms with Crippen LogP contribution in [0.1, 0.15) is 25.7 Å². The minimum Gasteiger partial charge on any atom is -0.380 e. The van der Waals surface area contributed by atoms with Crippen molar-refractivity contribution in [2.75, 3.05) is 5.32 Å². The van der Waals surface area contributed by atoms with E-state index in [0.717, 1.165) is 12.8 Å². The molecule has 1 aromatic carbocycles. The Balaban J connectivity index is 1.72. The molecule has 0 saturated carbocycles. The third-order valence-electron chi connectivity index (χ3n) is 3.78. The van der Waals surface area contributed by atoms with Crippen molar-refractivity contribution in [2.45, 2.75) is 43.8 Å². The highest BCUT2D eigenvalue weighted by Crippen LogP contribution is 2.30. The van der Waals surface area contributed by atoms with Crippen LogP contribution >= 0.6 is 11.6 Å². The van der Waals surface area contributed by atoms with Crippen LogP contribution in [0.3, 0.4) is 0 Å². The lowest BCUT2D eigenvalue weighted by molar-refractivity contribution is 0.377. The molecule has 2 aliphatic rings. The van der Waals surface area contributed by atoms with Crippen LogP contribution < -0.4 is 10.6 Å². The summed E-state index contributed by atoms with van der Waals surface area (Å²) in [6, 6.07) is 6.69. The minimum atomic E-state index is -0.333. The Bertz CT molecular complexity index is 412. The summed E-state index contributed by atoms with van der Waals surface area (Å²) in [4.78, 5) is 0. The van der Waals surface area contributed by atoms with Crippen LogP contribution in [0.4, 0.5) is 10.1 Å². The highest BCUT2D eigenvalue weighted by atomic mass is 35.5. The quantitative estimate of drug-likeness (QED) is 0.847.